The minimum atomic E-state index is -0.147. The van der Waals surface area contributed by atoms with Crippen LogP contribution in [0.15, 0.2) is 23.3 Å². The molecule has 2 nitrogen and oxygen atoms in total. The first-order chi connectivity index (χ1) is 8.88. The van der Waals surface area contributed by atoms with Crippen LogP contribution in [0.4, 0.5) is 0 Å². The highest BCUT2D eigenvalue weighted by Gasteiger charge is 2.12. The van der Waals surface area contributed by atoms with Gasteiger partial charge < -0.3 is 9.47 Å². The Morgan fingerprint density at radius 1 is 1.11 bits per heavy atom. The molecule has 1 heterocycles. The highest BCUT2D eigenvalue weighted by Crippen LogP contribution is 2.22. The fourth-order valence-corrected chi connectivity index (χ4v) is 2.05. The molecule has 0 amide bonds. The van der Waals surface area contributed by atoms with Crippen molar-refractivity contribution >= 4 is 0 Å². The van der Waals surface area contributed by atoms with Crippen LogP contribution in [0.3, 0.4) is 0 Å². The normalized spacial score (nSPS) is 19.8. The average molecular weight is 266 g/mol. The summed E-state index contributed by atoms with van der Waals surface area (Å²) < 4.78 is 11.1. The molecule has 1 rings (SSSR count). The molecule has 0 aliphatic carbocycles. The Hall–Kier alpha value is -0.600. The Morgan fingerprint density at radius 3 is 2.32 bits per heavy atom. The molecule has 0 radical (unpaired) electrons. The molecule has 0 bridgehead atoms. The van der Waals surface area contributed by atoms with E-state index >= 15 is 0 Å². The van der Waals surface area contributed by atoms with Gasteiger partial charge in [-0.3, -0.25) is 0 Å². The highest BCUT2D eigenvalue weighted by atomic mass is 16.7. The first-order valence-corrected chi connectivity index (χ1v) is 7.47. The Labute approximate surface area is 118 Å². The molecular formula is C17H30O2. The summed E-state index contributed by atoms with van der Waals surface area (Å²) in [5.74, 6) is 0. The van der Waals surface area contributed by atoms with Gasteiger partial charge in [0.15, 0.2) is 6.29 Å². The van der Waals surface area contributed by atoms with E-state index in [1.807, 2.05) is 0 Å². The van der Waals surface area contributed by atoms with E-state index in [1.54, 1.807) is 0 Å². The molecule has 0 aromatic rings. The van der Waals surface area contributed by atoms with E-state index in [1.165, 1.54) is 24.0 Å². The van der Waals surface area contributed by atoms with Crippen LogP contribution < -0.4 is 0 Å². The van der Waals surface area contributed by atoms with Crippen molar-refractivity contribution in [1.29, 1.82) is 0 Å². The van der Waals surface area contributed by atoms with Gasteiger partial charge in [0.2, 0.25) is 0 Å². The quantitative estimate of drug-likeness (QED) is 0.522. The number of unbranched alkanes of at least 4 members (excludes halogenated alkanes) is 1. The van der Waals surface area contributed by atoms with Gasteiger partial charge in [-0.2, -0.15) is 0 Å². The first kappa shape index (κ1) is 16.5. The zero-order chi connectivity index (χ0) is 14.3. The smallest absolute Gasteiger partial charge is 0.177 e. The standard InChI is InChI=1S/C17H30O2/c1-14(9-6-7-10-17(3,4)5)15(2)13-16-18-11-8-12-19-16/h9,13,16H,6-8,10-12H2,1-5H3/b14-9+,15-13+. The van der Waals surface area contributed by atoms with Gasteiger partial charge in [-0.1, -0.05) is 32.4 Å². The van der Waals surface area contributed by atoms with Gasteiger partial charge in [-0.05, 0) is 56.6 Å². The van der Waals surface area contributed by atoms with Gasteiger partial charge in [0.25, 0.3) is 0 Å². The van der Waals surface area contributed by atoms with Crippen LogP contribution in [0.5, 0.6) is 0 Å². The highest BCUT2D eigenvalue weighted by molar-refractivity contribution is 5.27. The molecule has 0 spiro atoms. The minimum absolute atomic E-state index is 0.147. The van der Waals surface area contributed by atoms with E-state index < -0.39 is 0 Å². The second kappa shape index (κ2) is 7.86. The summed E-state index contributed by atoms with van der Waals surface area (Å²) in [6.45, 7) is 12.8. The molecular weight excluding hydrogens is 236 g/mol. The van der Waals surface area contributed by atoms with Gasteiger partial charge in [0, 0.05) is 0 Å². The van der Waals surface area contributed by atoms with E-state index in [2.05, 4.69) is 46.8 Å². The van der Waals surface area contributed by atoms with Crippen molar-refractivity contribution in [2.45, 2.75) is 66.6 Å². The van der Waals surface area contributed by atoms with Gasteiger partial charge in [-0.15, -0.1) is 0 Å². The summed E-state index contributed by atoms with van der Waals surface area (Å²) in [5.41, 5.74) is 3.05. The summed E-state index contributed by atoms with van der Waals surface area (Å²) in [6, 6.07) is 0. The van der Waals surface area contributed by atoms with Gasteiger partial charge >= 0.3 is 0 Å². The van der Waals surface area contributed by atoms with Crippen LogP contribution in [-0.4, -0.2) is 19.5 Å². The van der Waals surface area contributed by atoms with E-state index in [0.29, 0.717) is 5.41 Å². The van der Waals surface area contributed by atoms with Crippen LogP contribution in [0.1, 0.15) is 60.3 Å². The lowest BCUT2D eigenvalue weighted by Gasteiger charge is -2.21. The van der Waals surface area contributed by atoms with Crippen molar-refractivity contribution < 1.29 is 9.47 Å². The average Bonchev–Trinajstić information content (AvgIpc) is 2.34. The van der Waals surface area contributed by atoms with Crippen molar-refractivity contribution in [3.63, 3.8) is 0 Å². The SMILES string of the molecule is CC(=C\CCCC(C)(C)C)/C(C)=C/C1OCCCO1. The molecule has 0 unspecified atom stereocenters. The Morgan fingerprint density at radius 2 is 1.74 bits per heavy atom. The number of allylic oxidation sites excluding steroid dienone is 3. The van der Waals surface area contributed by atoms with E-state index in [4.69, 9.17) is 9.47 Å². The summed E-state index contributed by atoms with van der Waals surface area (Å²) in [5, 5.41) is 0. The molecule has 0 N–H and O–H groups in total. The summed E-state index contributed by atoms with van der Waals surface area (Å²) in [6.07, 6.45) is 8.96. The lowest BCUT2D eigenvalue weighted by molar-refractivity contribution is -0.150. The predicted molar refractivity (Wildman–Crippen MR) is 81.1 cm³/mol. The van der Waals surface area contributed by atoms with Gasteiger partial charge in [0.1, 0.15) is 0 Å². The summed E-state index contributed by atoms with van der Waals surface area (Å²) in [4.78, 5) is 0. The van der Waals surface area contributed by atoms with Crippen LogP contribution in [0.2, 0.25) is 0 Å². The third-order valence-corrected chi connectivity index (χ3v) is 3.44. The van der Waals surface area contributed by atoms with E-state index in [0.717, 1.165) is 26.1 Å². The summed E-state index contributed by atoms with van der Waals surface area (Å²) in [7, 11) is 0. The molecule has 2 heteroatoms. The number of hydrogen-bond donors (Lipinski definition) is 0. The van der Waals surface area contributed by atoms with Crippen molar-refractivity contribution in [3.05, 3.63) is 23.3 Å². The Kier molecular flexibility index (Phi) is 6.81. The van der Waals surface area contributed by atoms with Crippen molar-refractivity contribution in [2.24, 2.45) is 5.41 Å². The number of ether oxygens (including phenoxy) is 2. The van der Waals surface area contributed by atoms with E-state index in [-0.39, 0.29) is 6.29 Å². The second-order valence-electron chi connectivity index (χ2n) is 6.65. The lowest BCUT2D eigenvalue weighted by atomic mass is 9.89. The maximum absolute atomic E-state index is 5.54. The predicted octanol–water partition coefficient (Wildman–Crippen LogP) is 4.86. The zero-order valence-corrected chi connectivity index (χ0v) is 13.3. The van der Waals surface area contributed by atoms with Crippen molar-refractivity contribution in [2.75, 3.05) is 13.2 Å². The lowest BCUT2D eigenvalue weighted by Crippen LogP contribution is -2.23. The molecule has 1 aliphatic rings. The van der Waals surface area contributed by atoms with Crippen LogP contribution >= 0.6 is 0 Å². The van der Waals surface area contributed by atoms with Crippen molar-refractivity contribution in [3.8, 4) is 0 Å². The van der Waals surface area contributed by atoms with Gasteiger partial charge in [0.05, 0.1) is 13.2 Å². The molecule has 0 aromatic carbocycles. The molecule has 110 valence electrons. The first-order valence-electron chi connectivity index (χ1n) is 7.47. The monoisotopic (exact) mass is 266 g/mol. The van der Waals surface area contributed by atoms with Crippen LogP contribution in [0.25, 0.3) is 0 Å². The molecule has 0 aromatic heterocycles. The third-order valence-electron chi connectivity index (χ3n) is 3.44. The van der Waals surface area contributed by atoms with Crippen LogP contribution in [0, 0.1) is 5.41 Å². The minimum Gasteiger partial charge on any atom is -0.349 e. The fourth-order valence-electron chi connectivity index (χ4n) is 2.05. The molecule has 1 fully saturated rings. The largest absolute Gasteiger partial charge is 0.349 e. The molecule has 0 saturated carbocycles. The van der Waals surface area contributed by atoms with Gasteiger partial charge in [-0.25, -0.2) is 0 Å². The Balaban J connectivity index is 2.37. The maximum atomic E-state index is 5.54. The summed E-state index contributed by atoms with van der Waals surface area (Å²) >= 11 is 0. The Bertz CT molecular complexity index is 315. The maximum Gasteiger partial charge on any atom is 0.177 e. The van der Waals surface area contributed by atoms with Crippen LogP contribution in [-0.2, 0) is 9.47 Å². The zero-order valence-electron chi connectivity index (χ0n) is 13.3. The second-order valence-corrected chi connectivity index (χ2v) is 6.65. The molecule has 19 heavy (non-hydrogen) atoms. The molecule has 1 aliphatic heterocycles. The van der Waals surface area contributed by atoms with Crippen molar-refractivity contribution in [1.82, 2.24) is 0 Å². The molecule has 0 atom stereocenters. The molecule has 1 saturated heterocycles. The number of rotatable bonds is 5. The van der Waals surface area contributed by atoms with E-state index in [9.17, 15) is 0 Å². The number of hydrogen-bond acceptors (Lipinski definition) is 2. The fraction of sp³-hybridized carbons (Fsp3) is 0.765. The topological polar surface area (TPSA) is 18.5 Å². The third kappa shape index (κ3) is 7.54.